The number of furan rings is 2. The van der Waals surface area contributed by atoms with Gasteiger partial charge in [0.25, 0.3) is 5.52 Å². The standard InChI is InChI=1S/C31H20NO3/c1-17-11-13-21-20-14-12-18-7-3-4-8-19(18)28(20)34-29(21)26(17)31-32(2)23-15-16-25-27(30(23)35-31)22-9-5-6-10-24(22)33-25/h3-16H,1-2H3/q+1. The van der Waals surface area contributed by atoms with Gasteiger partial charge in [-0.15, -0.1) is 0 Å². The second-order valence-corrected chi connectivity index (χ2v) is 9.25. The Bertz CT molecular complexity index is 2140. The van der Waals surface area contributed by atoms with Crippen molar-refractivity contribution in [2.75, 3.05) is 0 Å². The van der Waals surface area contributed by atoms with Gasteiger partial charge < -0.3 is 13.3 Å². The molecule has 3 heterocycles. The molecule has 0 fully saturated rings. The minimum atomic E-state index is 0.768. The molecule has 0 atom stereocenters. The summed E-state index contributed by atoms with van der Waals surface area (Å²) in [6, 6.07) is 29.2. The number of nitrogens with zero attached hydrogens (tertiary/aromatic N) is 1. The van der Waals surface area contributed by atoms with Gasteiger partial charge in [0.05, 0.1) is 5.39 Å². The van der Waals surface area contributed by atoms with E-state index in [0.717, 1.165) is 77.4 Å². The zero-order chi connectivity index (χ0) is 23.3. The Morgan fingerprint density at radius 2 is 1.34 bits per heavy atom. The van der Waals surface area contributed by atoms with Crippen molar-refractivity contribution in [3.63, 3.8) is 0 Å². The van der Waals surface area contributed by atoms with Crippen molar-refractivity contribution in [2.45, 2.75) is 6.92 Å². The molecule has 5 aromatic carbocycles. The van der Waals surface area contributed by atoms with E-state index in [0.29, 0.717) is 0 Å². The van der Waals surface area contributed by atoms with Gasteiger partial charge in [-0.05, 0) is 36.1 Å². The molecule has 0 aliphatic carbocycles. The van der Waals surface area contributed by atoms with Gasteiger partial charge in [0, 0.05) is 27.6 Å². The van der Waals surface area contributed by atoms with E-state index in [1.807, 2.05) is 31.3 Å². The molecule has 8 rings (SSSR count). The largest absolute Gasteiger partial charge is 0.456 e. The average Bonchev–Trinajstić information content (AvgIpc) is 3.55. The highest BCUT2D eigenvalue weighted by Crippen LogP contribution is 2.41. The number of benzene rings is 5. The molecule has 3 aromatic heterocycles. The zero-order valence-corrected chi connectivity index (χ0v) is 19.3. The van der Waals surface area contributed by atoms with E-state index < -0.39 is 0 Å². The number of aryl methyl sites for hydroxylation is 2. The van der Waals surface area contributed by atoms with E-state index in [2.05, 4.69) is 72.2 Å². The van der Waals surface area contributed by atoms with Crippen LogP contribution >= 0.6 is 0 Å². The Morgan fingerprint density at radius 3 is 2.26 bits per heavy atom. The molecular weight excluding hydrogens is 434 g/mol. The molecule has 35 heavy (non-hydrogen) atoms. The first kappa shape index (κ1) is 18.8. The summed E-state index contributed by atoms with van der Waals surface area (Å²) in [5.74, 6) is 0.768. The van der Waals surface area contributed by atoms with Crippen molar-refractivity contribution < 1.29 is 17.8 Å². The lowest BCUT2D eigenvalue weighted by molar-refractivity contribution is -0.637. The molecule has 0 aliphatic rings. The van der Waals surface area contributed by atoms with E-state index in [-0.39, 0.29) is 0 Å². The van der Waals surface area contributed by atoms with E-state index in [1.54, 1.807) is 0 Å². The predicted molar refractivity (Wildman–Crippen MR) is 140 cm³/mol. The third kappa shape index (κ3) is 2.38. The summed E-state index contributed by atoms with van der Waals surface area (Å²) in [6.07, 6.45) is 0. The van der Waals surface area contributed by atoms with Crippen LogP contribution in [0.3, 0.4) is 0 Å². The van der Waals surface area contributed by atoms with Gasteiger partial charge in [0.2, 0.25) is 5.58 Å². The van der Waals surface area contributed by atoms with Gasteiger partial charge >= 0.3 is 5.89 Å². The van der Waals surface area contributed by atoms with E-state index in [9.17, 15) is 0 Å². The molecule has 0 N–H and O–H groups in total. The highest BCUT2D eigenvalue weighted by Gasteiger charge is 2.29. The molecule has 0 saturated carbocycles. The van der Waals surface area contributed by atoms with Crippen molar-refractivity contribution >= 4 is 65.7 Å². The first-order chi connectivity index (χ1) is 17.2. The number of hydrogen-bond acceptors (Lipinski definition) is 3. The third-order valence-corrected chi connectivity index (χ3v) is 7.29. The van der Waals surface area contributed by atoms with Crippen LogP contribution in [0, 0.1) is 6.92 Å². The van der Waals surface area contributed by atoms with Crippen molar-refractivity contribution in [1.29, 1.82) is 0 Å². The Morgan fingerprint density at radius 1 is 0.571 bits per heavy atom. The Hall–Kier alpha value is -4.57. The van der Waals surface area contributed by atoms with Gasteiger partial charge in [-0.3, -0.25) is 0 Å². The highest BCUT2D eigenvalue weighted by molar-refractivity contribution is 6.18. The molecule has 0 unspecified atom stereocenters. The van der Waals surface area contributed by atoms with E-state index >= 15 is 0 Å². The topological polar surface area (TPSA) is 43.3 Å². The summed E-state index contributed by atoms with van der Waals surface area (Å²) in [5.41, 5.74) is 7.35. The SMILES string of the molecule is Cc1ccc2c(oc3c4ccccc4ccc23)c1-c1oc2c3c(ccc2[n+]1C)oc1ccccc13. The van der Waals surface area contributed by atoms with Crippen LogP contribution in [0.2, 0.25) is 0 Å². The minimum Gasteiger partial charge on any atom is -0.456 e. The van der Waals surface area contributed by atoms with Gasteiger partial charge in [-0.2, -0.15) is 4.57 Å². The molecule has 4 heteroatoms. The quantitative estimate of drug-likeness (QED) is 0.235. The van der Waals surface area contributed by atoms with E-state index in [1.165, 1.54) is 5.39 Å². The number of aromatic nitrogens is 1. The van der Waals surface area contributed by atoms with Crippen molar-refractivity contribution in [3.8, 4) is 11.5 Å². The molecule has 0 amide bonds. The molecule has 4 nitrogen and oxygen atoms in total. The van der Waals surface area contributed by atoms with Crippen LogP contribution in [-0.4, -0.2) is 0 Å². The van der Waals surface area contributed by atoms with Crippen LogP contribution in [0.4, 0.5) is 0 Å². The Labute approximate surface area is 199 Å². The average molecular weight is 455 g/mol. The molecule has 166 valence electrons. The number of rotatable bonds is 1. The number of para-hydroxylation sites is 1. The fourth-order valence-corrected chi connectivity index (χ4v) is 5.57. The van der Waals surface area contributed by atoms with Gasteiger partial charge in [-0.25, -0.2) is 0 Å². The molecule has 0 saturated heterocycles. The van der Waals surface area contributed by atoms with Gasteiger partial charge in [0.15, 0.2) is 5.58 Å². The van der Waals surface area contributed by atoms with Crippen LogP contribution in [0.1, 0.15) is 5.56 Å². The fourth-order valence-electron chi connectivity index (χ4n) is 5.57. The molecule has 0 bridgehead atoms. The smallest absolute Gasteiger partial charge is 0.385 e. The van der Waals surface area contributed by atoms with Crippen LogP contribution < -0.4 is 4.57 Å². The Kier molecular flexibility index (Phi) is 3.50. The molecule has 0 aliphatic heterocycles. The highest BCUT2D eigenvalue weighted by atomic mass is 16.4. The van der Waals surface area contributed by atoms with Crippen LogP contribution in [-0.2, 0) is 7.05 Å². The van der Waals surface area contributed by atoms with Gasteiger partial charge in [0.1, 0.15) is 29.4 Å². The van der Waals surface area contributed by atoms with E-state index in [4.69, 9.17) is 13.3 Å². The zero-order valence-electron chi connectivity index (χ0n) is 19.3. The molecule has 0 spiro atoms. The first-order valence-corrected chi connectivity index (χ1v) is 11.8. The molecular formula is C31H20NO3+. The number of hydrogen-bond donors (Lipinski definition) is 0. The normalized spacial score (nSPS) is 12.3. The second kappa shape index (κ2) is 6.51. The van der Waals surface area contributed by atoms with Crippen molar-refractivity contribution in [2.24, 2.45) is 7.05 Å². The maximum Gasteiger partial charge on any atom is 0.385 e. The minimum absolute atomic E-state index is 0.768. The summed E-state index contributed by atoms with van der Waals surface area (Å²) >= 11 is 0. The van der Waals surface area contributed by atoms with Crippen molar-refractivity contribution in [3.05, 3.63) is 90.5 Å². The summed E-state index contributed by atoms with van der Waals surface area (Å²) in [4.78, 5) is 0. The maximum atomic E-state index is 6.68. The molecule has 0 radical (unpaired) electrons. The number of oxazole rings is 1. The van der Waals surface area contributed by atoms with Crippen LogP contribution in [0.5, 0.6) is 0 Å². The van der Waals surface area contributed by atoms with Crippen LogP contribution in [0.25, 0.3) is 77.2 Å². The Balaban J connectivity index is 1.51. The third-order valence-electron chi connectivity index (χ3n) is 7.29. The predicted octanol–water partition coefficient (Wildman–Crippen LogP) is 8.18. The van der Waals surface area contributed by atoms with Crippen LogP contribution in [0.15, 0.2) is 98.2 Å². The summed E-state index contributed by atoms with van der Waals surface area (Å²) in [6.45, 7) is 2.11. The monoisotopic (exact) mass is 454 g/mol. The van der Waals surface area contributed by atoms with Crippen molar-refractivity contribution in [1.82, 2.24) is 0 Å². The summed E-state index contributed by atoms with van der Waals surface area (Å²) < 4.78 is 21.5. The second-order valence-electron chi connectivity index (χ2n) is 9.25. The maximum absolute atomic E-state index is 6.68. The lowest BCUT2D eigenvalue weighted by atomic mass is 10.0. The number of fused-ring (bicyclic) bond motifs is 10. The lowest BCUT2D eigenvalue weighted by Crippen LogP contribution is -2.28. The summed E-state index contributed by atoms with van der Waals surface area (Å²) in [7, 11) is 2.05. The first-order valence-electron chi connectivity index (χ1n) is 11.8. The fraction of sp³-hybridized carbons (Fsp3) is 0.0645. The molecule has 8 aromatic rings. The van der Waals surface area contributed by atoms with Gasteiger partial charge in [-0.1, -0.05) is 60.7 Å². The summed E-state index contributed by atoms with van der Waals surface area (Å²) in [5, 5.41) is 6.54. The lowest BCUT2D eigenvalue weighted by Gasteiger charge is -2.00.